The van der Waals surface area contributed by atoms with E-state index in [1.807, 2.05) is 36.3 Å². The van der Waals surface area contributed by atoms with Gasteiger partial charge in [-0.1, -0.05) is 19.9 Å². The van der Waals surface area contributed by atoms with Gasteiger partial charge in [0.15, 0.2) is 0 Å². The fourth-order valence-electron chi connectivity index (χ4n) is 7.37. The first kappa shape index (κ1) is 22.9. The molecule has 2 atom stereocenters. The molecule has 0 radical (unpaired) electrons. The van der Waals surface area contributed by atoms with Gasteiger partial charge >= 0.3 is 0 Å². The molecule has 178 valence electrons. The number of piperazine rings is 1. The van der Waals surface area contributed by atoms with E-state index in [1.165, 1.54) is 19.3 Å². The summed E-state index contributed by atoms with van der Waals surface area (Å²) in [6.07, 6.45) is 6.96. The van der Waals surface area contributed by atoms with Crippen molar-refractivity contribution in [2.24, 2.45) is 29.1 Å². The number of rotatable bonds is 6. The first-order valence-electron chi connectivity index (χ1n) is 12.7. The third-order valence-electron chi connectivity index (χ3n) is 8.67. The zero-order valence-electron chi connectivity index (χ0n) is 19.8. The molecule has 4 bridgehead atoms. The van der Waals surface area contributed by atoms with Gasteiger partial charge in [-0.15, -0.1) is 11.3 Å². The van der Waals surface area contributed by atoms with E-state index in [-0.39, 0.29) is 29.2 Å². The predicted molar refractivity (Wildman–Crippen MR) is 128 cm³/mol. The molecule has 1 aromatic heterocycles. The molecule has 4 saturated carbocycles. The largest absolute Gasteiger partial charge is 0.344 e. The summed E-state index contributed by atoms with van der Waals surface area (Å²) in [7, 11) is 0. The lowest BCUT2D eigenvalue weighted by atomic mass is 9.49. The molecule has 33 heavy (non-hydrogen) atoms. The van der Waals surface area contributed by atoms with Gasteiger partial charge in [-0.2, -0.15) is 5.26 Å². The lowest BCUT2D eigenvalue weighted by Crippen LogP contribution is -2.60. The Kier molecular flexibility index (Phi) is 6.26. The quantitative estimate of drug-likeness (QED) is 0.689. The normalized spacial score (nSPS) is 33.0. The molecule has 2 heterocycles. The van der Waals surface area contributed by atoms with Crippen LogP contribution in [0.25, 0.3) is 0 Å². The number of hydrogen-bond acceptors (Lipinski definition) is 5. The Morgan fingerprint density at radius 1 is 1.09 bits per heavy atom. The van der Waals surface area contributed by atoms with Crippen molar-refractivity contribution in [3.05, 3.63) is 22.4 Å². The molecule has 0 aromatic carbocycles. The molecule has 7 heteroatoms. The van der Waals surface area contributed by atoms with Crippen LogP contribution in [0.15, 0.2) is 17.5 Å². The van der Waals surface area contributed by atoms with Crippen LogP contribution in [-0.4, -0.2) is 53.8 Å². The summed E-state index contributed by atoms with van der Waals surface area (Å²) >= 11 is 1.60. The number of carbonyl (C=O) groups is 2. The second-order valence-corrected chi connectivity index (χ2v) is 12.3. The molecule has 6 rings (SSSR count). The number of carbonyl (C=O) groups excluding carboxylic acids is 2. The molecular formula is C26H36N4O2S. The van der Waals surface area contributed by atoms with Crippen molar-refractivity contribution in [1.82, 2.24) is 15.1 Å². The SMILES string of the molecule is CC(C)[C@@H](NC(=O)C12CC3CC(CC(C3)C1)C2)C(=O)N1CCN([C@H](C#N)c2cccs2)CC1. The Balaban J connectivity index is 1.22. The summed E-state index contributed by atoms with van der Waals surface area (Å²) in [6, 6.07) is 5.68. The number of thiophene rings is 1. The van der Waals surface area contributed by atoms with Crippen LogP contribution in [0.4, 0.5) is 0 Å². The topological polar surface area (TPSA) is 76.4 Å². The van der Waals surface area contributed by atoms with Gasteiger partial charge in [-0.25, -0.2) is 0 Å². The third-order valence-corrected chi connectivity index (χ3v) is 9.59. The number of nitrogens with one attached hydrogen (secondary N) is 1. The van der Waals surface area contributed by atoms with Gasteiger partial charge in [0.25, 0.3) is 0 Å². The molecule has 5 aliphatic rings. The van der Waals surface area contributed by atoms with Crippen molar-refractivity contribution in [3.8, 4) is 6.07 Å². The number of hydrogen-bond donors (Lipinski definition) is 1. The zero-order valence-corrected chi connectivity index (χ0v) is 20.7. The molecule has 0 spiro atoms. The third kappa shape index (κ3) is 4.33. The summed E-state index contributed by atoms with van der Waals surface area (Å²) in [5.41, 5.74) is -0.235. The van der Waals surface area contributed by atoms with Crippen molar-refractivity contribution >= 4 is 23.2 Å². The average Bonchev–Trinajstić information content (AvgIpc) is 3.31. The van der Waals surface area contributed by atoms with E-state index in [0.717, 1.165) is 24.1 Å². The Bertz CT molecular complexity index is 878. The van der Waals surface area contributed by atoms with E-state index in [0.29, 0.717) is 43.9 Å². The fourth-order valence-corrected chi connectivity index (χ4v) is 8.17. The van der Waals surface area contributed by atoms with Crippen molar-refractivity contribution in [2.45, 2.75) is 64.5 Å². The predicted octanol–water partition coefficient (Wildman–Crippen LogP) is 3.81. The van der Waals surface area contributed by atoms with Gasteiger partial charge < -0.3 is 10.2 Å². The smallest absolute Gasteiger partial charge is 0.245 e. The number of amides is 2. The van der Waals surface area contributed by atoms with Crippen LogP contribution in [0.5, 0.6) is 0 Å². The van der Waals surface area contributed by atoms with E-state index < -0.39 is 6.04 Å². The maximum absolute atomic E-state index is 13.6. The molecule has 1 aromatic rings. The van der Waals surface area contributed by atoms with Gasteiger partial charge in [0.1, 0.15) is 12.1 Å². The molecule has 1 aliphatic heterocycles. The van der Waals surface area contributed by atoms with Crippen LogP contribution in [0, 0.1) is 40.4 Å². The molecule has 0 unspecified atom stereocenters. The molecule has 4 aliphatic carbocycles. The monoisotopic (exact) mass is 468 g/mol. The van der Waals surface area contributed by atoms with Crippen LogP contribution < -0.4 is 5.32 Å². The summed E-state index contributed by atoms with van der Waals surface area (Å²) in [5.74, 6) is 2.34. The van der Waals surface area contributed by atoms with Gasteiger partial charge in [-0.3, -0.25) is 14.5 Å². The van der Waals surface area contributed by atoms with Crippen LogP contribution >= 0.6 is 11.3 Å². The Morgan fingerprint density at radius 3 is 2.18 bits per heavy atom. The minimum absolute atomic E-state index is 0.0346. The molecule has 5 fully saturated rings. The zero-order chi connectivity index (χ0) is 23.2. The van der Waals surface area contributed by atoms with E-state index >= 15 is 0 Å². The number of nitriles is 1. The minimum Gasteiger partial charge on any atom is -0.344 e. The highest BCUT2D eigenvalue weighted by Crippen LogP contribution is 2.60. The van der Waals surface area contributed by atoms with Crippen molar-refractivity contribution in [1.29, 1.82) is 5.26 Å². The van der Waals surface area contributed by atoms with Gasteiger partial charge in [0.05, 0.1) is 6.07 Å². The van der Waals surface area contributed by atoms with Gasteiger partial charge in [-0.05, 0) is 73.6 Å². The van der Waals surface area contributed by atoms with E-state index in [1.54, 1.807) is 11.3 Å². The molecule has 1 N–H and O–H groups in total. The maximum Gasteiger partial charge on any atom is 0.245 e. The lowest BCUT2D eigenvalue weighted by Gasteiger charge is -2.56. The highest BCUT2D eigenvalue weighted by Gasteiger charge is 2.55. The first-order chi connectivity index (χ1) is 15.9. The second-order valence-electron chi connectivity index (χ2n) is 11.3. The maximum atomic E-state index is 13.6. The molecule has 2 amide bonds. The van der Waals surface area contributed by atoms with Crippen LogP contribution in [0.3, 0.4) is 0 Å². The number of nitrogens with zero attached hydrogens (tertiary/aromatic N) is 3. The Labute approximate surface area is 201 Å². The van der Waals surface area contributed by atoms with Crippen LogP contribution in [-0.2, 0) is 9.59 Å². The molecule has 6 nitrogen and oxygen atoms in total. The van der Waals surface area contributed by atoms with Crippen molar-refractivity contribution in [2.75, 3.05) is 26.2 Å². The van der Waals surface area contributed by atoms with Crippen LogP contribution in [0.1, 0.15) is 63.3 Å². The highest BCUT2D eigenvalue weighted by molar-refractivity contribution is 7.10. The summed E-state index contributed by atoms with van der Waals surface area (Å²) in [5, 5.41) is 14.9. The van der Waals surface area contributed by atoms with E-state index in [4.69, 9.17) is 0 Å². The minimum atomic E-state index is -0.471. The van der Waals surface area contributed by atoms with Gasteiger partial charge in [0.2, 0.25) is 11.8 Å². The second kappa shape index (κ2) is 9.03. The van der Waals surface area contributed by atoms with Crippen molar-refractivity contribution in [3.63, 3.8) is 0 Å². The Hall–Kier alpha value is -1.91. The van der Waals surface area contributed by atoms with Crippen molar-refractivity contribution < 1.29 is 9.59 Å². The first-order valence-corrected chi connectivity index (χ1v) is 13.5. The summed E-state index contributed by atoms with van der Waals surface area (Å²) in [6.45, 7) is 6.60. The average molecular weight is 469 g/mol. The van der Waals surface area contributed by atoms with E-state index in [9.17, 15) is 14.9 Å². The van der Waals surface area contributed by atoms with E-state index in [2.05, 4.69) is 16.3 Å². The Morgan fingerprint density at radius 2 is 1.70 bits per heavy atom. The molecule has 1 saturated heterocycles. The van der Waals surface area contributed by atoms with Crippen LogP contribution in [0.2, 0.25) is 0 Å². The molecular weight excluding hydrogens is 432 g/mol. The standard InChI is InChI=1S/C26H36N4O2S/c1-17(2)23(28-25(32)26-13-18-10-19(14-26)12-20(11-18)15-26)24(31)30-7-5-29(6-8-30)21(16-27)22-4-3-9-33-22/h3-4,9,17-21,23H,5-8,10-15H2,1-2H3,(H,28,32)/t18?,19?,20?,21-,23-,26?/m1/s1. The highest BCUT2D eigenvalue weighted by atomic mass is 32.1. The fraction of sp³-hybridized carbons (Fsp3) is 0.731. The lowest BCUT2D eigenvalue weighted by molar-refractivity contribution is -0.151. The summed E-state index contributed by atoms with van der Waals surface area (Å²) < 4.78 is 0. The van der Waals surface area contributed by atoms with Gasteiger partial charge in [0, 0.05) is 36.5 Å². The summed E-state index contributed by atoms with van der Waals surface area (Å²) in [4.78, 5) is 32.2.